The molecular formula is C15H13FN4OS2. The molecule has 0 aliphatic rings. The van der Waals surface area contributed by atoms with E-state index >= 15 is 0 Å². The number of carbonyl (C=O) groups is 1. The van der Waals surface area contributed by atoms with Gasteiger partial charge in [-0.15, -0.1) is 11.3 Å². The SMILES string of the molecule is Cc1ncsc1C(=O)Nc1cc(F)ccc1Sc1nccn1C. The van der Waals surface area contributed by atoms with Crippen LogP contribution >= 0.6 is 23.1 Å². The lowest BCUT2D eigenvalue weighted by Crippen LogP contribution is -2.12. The number of hydrogen-bond donors (Lipinski definition) is 1. The predicted octanol–water partition coefficient (Wildman–Crippen LogP) is 3.73. The molecule has 118 valence electrons. The van der Waals surface area contributed by atoms with Gasteiger partial charge in [-0.1, -0.05) is 0 Å². The van der Waals surface area contributed by atoms with Crippen LogP contribution in [-0.4, -0.2) is 20.4 Å². The number of nitrogens with zero attached hydrogens (tertiary/aromatic N) is 3. The Balaban J connectivity index is 1.89. The van der Waals surface area contributed by atoms with Crippen LogP contribution in [0.5, 0.6) is 0 Å². The van der Waals surface area contributed by atoms with E-state index in [1.807, 2.05) is 17.8 Å². The molecule has 1 aromatic carbocycles. The van der Waals surface area contributed by atoms with Crippen LogP contribution in [0.4, 0.5) is 10.1 Å². The number of aryl methyl sites for hydroxylation is 2. The molecule has 1 amide bonds. The highest BCUT2D eigenvalue weighted by atomic mass is 32.2. The Bertz CT molecular complexity index is 859. The average molecular weight is 348 g/mol. The standard InChI is InChI=1S/C15H13FN4OS2/c1-9-13(22-8-18-9)14(21)19-11-7-10(16)3-4-12(11)23-15-17-5-6-20(15)2/h3-8H,1-2H3,(H,19,21). The van der Waals surface area contributed by atoms with Gasteiger partial charge in [0.2, 0.25) is 0 Å². The number of benzene rings is 1. The van der Waals surface area contributed by atoms with E-state index in [9.17, 15) is 9.18 Å². The molecular weight excluding hydrogens is 335 g/mol. The maximum Gasteiger partial charge on any atom is 0.267 e. The molecule has 3 rings (SSSR count). The Hall–Kier alpha value is -2.19. The number of nitrogens with one attached hydrogen (secondary N) is 1. The van der Waals surface area contributed by atoms with Crippen molar-refractivity contribution in [2.45, 2.75) is 17.0 Å². The molecule has 2 aromatic heterocycles. The van der Waals surface area contributed by atoms with E-state index in [-0.39, 0.29) is 5.91 Å². The zero-order valence-electron chi connectivity index (χ0n) is 12.4. The molecule has 0 bridgehead atoms. The molecule has 0 aliphatic carbocycles. The van der Waals surface area contributed by atoms with Crippen molar-refractivity contribution in [3.63, 3.8) is 0 Å². The molecule has 2 heterocycles. The molecule has 5 nitrogen and oxygen atoms in total. The second kappa shape index (κ2) is 6.51. The minimum Gasteiger partial charge on any atom is -0.329 e. The third-order valence-electron chi connectivity index (χ3n) is 3.12. The zero-order chi connectivity index (χ0) is 16.4. The van der Waals surface area contributed by atoms with Crippen molar-refractivity contribution in [1.29, 1.82) is 0 Å². The van der Waals surface area contributed by atoms with Crippen LogP contribution < -0.4 is 5.32 Å². The Morgan fingerprint density at radius 2 is 2.22 bits per heavy atom. The maximum absolute atomic E-state index is 13.6. The van der Waals surface area contributed by atoms with Crippen LogP contribution in [0.15, 0.2) is 46.2 Å². The first-order valence-electron chi connectivity index (χ1n) is 6.71. The minimum absolute atomic E-state index is 0.294. The number of amides is 1. The highest BCUT2D eigenvalue weighted by Gasteiger charge is 2.15. The van der Waals surface area contributed by atoms with Crippen LogP contribution in [0.1, 0.15) is 15.4 Å². The van der Waals surface area contributed by atoms with Crippen LogP contribution in [0.25, 0.3) is 0 Å². The third-order valence-corrected chi connectivity index (χ3v) is 5.20. The van der Waals surface area contributed by atoms with E-state index in [1.165, 1.54) is 35.2 Å². The summed E-state index contributed by atoms with van der Waals surface area (Å²) in [5, 5.41) is 3.51. The summed E-state index contributed by atoms with van der Waals surface area (Å²) >= 11 is 2.61. The summed E-state index contributed by atoms with van der Waals surface area (Å²) in [6.45, 7) is 1.76. The van der Waals surface area contributed by atoms with Crippen molar-refractivity contribution in [3.05, 3.63) is 52.5 Å². The maximum atomic E-state index is 13.6. The molecule has 8 heteroatoms. The summed E-state index contributed by atoms with van der Waals surface area (Å²) < 4.78 is 15.4. The quantitative estimate of drug-likeness (QED) is 0.780. The number of aromatic nitrogens is 3. The smallest absolute Gasteiger partial charge is 0.267 e. The number of hydrogen-bond acceptors (Lipinski definition) is 5. The van der Waals surface area contributed by atoms with Gasteiger partial charge >= 0.3 is 0 Å². The van der Waals surface area contributed by atoms with E-state index in [0.29, 0.717) is 16.3 Å². The molecule has 3 aromatic rings. The van der Waals surface area contributed by atoms with Gasteiger partial charge in [0.25, 0.3) is 5.91 Å². The Morgan fingerprint density at radius 3 is 2.87 bits per heavy atom. The number of thiazole rings is 1. The van der Waals surface area contributed by atoms with Crippen LogP contribution in [0.3, 0.4) is 0 Å². The number of rotatable bonds is 4. The highest BCUT2D eigenvalue weighted by molar-refractivity contribution is 7.99. The molecule has 0 spiro atoms. The normalized spacial score (nSPS) is 10.7. The summed E-state index contributed by atoms with van der Waals surface area (Å²) in [6.07, 6.45) is 3.51. The Labute approximate surface area is 140 Å². The Morgan fingerprint density at radius 1 is 1.39 bits per heavy atom. The average Bonchev–Trinajstić information content (AvgIpc) is 3.11. The lowest BCUT2D eigenvalue weighted by atomic mass is 10.3. The lowest BCUT2D eigenvalue weighted by Gasteiger charge is -2.10. The fourth-order valence-corrected chi connectivity index (χ4v) is 3.51. The number of carbonyl (C=O) groups excluding carboxylic acids is 1. The van der Waals surface area contributed by atoms with Crippen molar-refractivity contribution in [3.8, 4) is 0 Å². The van der Waals surface area contributed by atoms with Gasteiger partial charge in [0, 0.05) is 24.3 Å². The summed E-state index contributed by atoms with van der Waals surface area (Å²) in [5.74, 6) is -0.706. The van der Waals surface area contributed by atoms with Gasteiger partial charge < -0.3 is 9.88 Å². The van der Waals surface area contributed by atoms with Gasteiger partial charge in [-0.25, -0.2) is 14.4 Å². The first-order chi connectivity index (χ1) is 11.0. The van der Waals surface area contributed by atoms with Gasteiger partial charge in [0.05, 0.1) is 16.9 Å². The molecule has 0 fully saturated rings. The minimum atomic E-state index is -0.412. The van der Waals surface area contributed by atoms with Gasteiger partial charge in [-0.05, 0) is 36.9 Å². The molecule has 1 N–H and O–H groups in total. The second-order valence-corrected chi connectivity index (χ2v) is 6.65. The molecule has 0 radical (unpaired) electrons. The number of halogens is 1. The van der Waals surface area contributed by atoms with E-state index in [1.54, 1.807) is 24.7 Å². The third kappa shape index (κ3) is 3.43. The molecule has 0 atom stereocenters. The summed E-state index contributed by atoms with van der Waals surface area (Å²) in [7, 11) is 1.87. The van der Waals surface area contributed by atoms with Crippen molar-refractivity contribution in [2.24, 2.45) is 7.05 Å². The lowest BCUT2D eigenvalue weighted by molar-refractivity contribution is 0.102. The first kappa shape index (κ1) is 15.7. The number of imidazole rings is 1. The summed E-state index contributed by atoms with van der Waals surface area (Å²) in [4.78, 5) is 21.9. The molecule has 23 heavy (non-hydrogen) atoms. The van der Waals surface area contributed by atoms with E-state index in [2.05, 4.69) is 15.3 Å². The van der Waals surface area contributed by atoms with E-state index in [0.717, 1.165) is 10.1 Å². The van der Waals surface area contributed by atoms with Crippen molar-refractivity contribution in [1.82, 2.24) is 14.5 Å². The van der Waals surface area contributed by atoms with Crippen molar-refractivity contribution >= 4 is 34.7 Å². The summed E-state index contributed by atoms with van der Waals surface area (Å²) in [5.41, 5.74) is 2.68. The van der Waals surface area contributed by atoms with Crippen molar-refractivity contribution < 1.29 is 9.18 Å². The van der Waals surface area contributed by atoms with Crippen molar-refractivity contribution in [2.75, 3.05) is 5.32 Å². The van der Waals surface area contributed by atoms with E-state index < -0.39 is 5.82 Å². The van der Waals surface area contributed by atoms with Gasteiger partial charge in [0.15, 0.2) is 5.16 Å². The molecule has 0 unspecified atom stereocenters. The van der Waals surface area contributed by atoms with Crippen LogP contribution in [0, 0.1) is 12.7 Å². The highest BCUT2D eigenvalue weighted by Crippen LogP contribution is 2.33. The fourth-order valence-electron chi connectivity index (χ4n) is 1.94. The van der Waals surface area contributed by atoms with Gasteiger partial charge in [-0.3, -0.25) is 4.79 Å². The monoisotopic (exact) mass is 348 g/mol. The summed E-state index contributed by atoms with van der Waals surface area (Å²) in [6, 6.07) is 4.29. The second-order valence-electron chi connectivity index (χ2n) is 4.78. The topological polar surface area (TPSA) is 59.8 Å². The van der Waals surface area contributed by atoms with E-state index in [4.69, 9.17) is 0 Å². The predicted molar refractivity (Wildman–Crippen MR) is 88.5 cm³/mol. The molecule has 0 saturated carbocycles. The van der Waals surface area contributed by atoms with Crippen LogP contribution in [-0.2, 0) is 7.05 Å². The number of anilines is 1. The zero-order valence-corrected chi connectivity index (χ0v) is 14.0. The Kier molecular flexibility index (Phi) is 4.44. The van der Waals surface area contributed by atoms with Gasteiger partial charge in [-0.2, -0.15) is 0 Å². The largest absolute Gasteiger partial charge is 0.329 e. The first-order valence-corrected chi connectivity index (χ1v) is 8.40. The fraction of sp³-hybridized carbons (Fsp3) is 0.133. The molecule has 0 aliphatic heterocycles. The van der Waals surface area contributed by atoms with Crippen LogP contribution in [0.2, 0.25) is 0 Å². The van der Waals surface area contributed by atoms with Gasteiger partial charge in [0.1, 0.15) is 10.7 Å². The molecule has 0 saturated heterocycles.